The number of pyridine rings is 2. The molecule has 2 aromatic carbocycles. The molecule has 4 heterocycles. The number of amides is 1. The number of fused-ring (bicyclic) bond motifs is 2. The Bertz CT molecular complexity index is 2320. The lowest BCUT2D eigenvalue weighted by atomic mass is 9.90. The maximum atomic E-state index is 14.4. The number of imidazole rings is 1. The minimum atomic E-state index is -0.701. The number of carbonyl (C=O) groups excluding carboxylic acids is 2. The van der Waals surface area contributed by atoms with Crippen LogP contribution in [0.15, 0.2) is 88.8 Å². The summed E-state index contributed by atoms with van der Waals surface area (Å²) < 4.78 is 32.0. The monoisotopic (exact) mass is 634 g/mol. The van der Waals surface area contributed by atoms with Crippen LogP contribution in [0.5, 0.6) is 0 Å². The molecule has 0 radical (unpaired) electrons. The number of hydrogen-bond acceptors (Lipinski definition) is 6. The molecular weight excluding hydrogens is 606 g/mol. The second-order valence-electron chi connectivity index (χ2n) is 11.8. The van der Waals surface area contributed by atoms with Gasteiger partial charge in [-0.3, -0.25) is 19.0 Å². The normalized spacial score (nSPS) is 16.4. The number of nitrogens with zero attached hydrogens (tertiary/aromatic N) is 5. The van der Waals surface area contributed by atoms with Gasteiger partial charge in [0.05, 0.1) is 17.3 Å². The highest BCUT2D eigenvalue weighted by Gasteiger charge is 2.28. The lowest BCUT2D eigenvalue weighted by Gasteiger charge is -2.30. The third-order valence-corrected chi connectivity index (χ3v) is 8.64. The number of benzene rings is 2. The van der Waals surface area contributed by atoms with E-state index in [9.17, 15) is 28.0 Å². The summed E-state index contributed by atoms with van der Waals surface area (Å²) in [4.78, 5) is 60.5. The van der Waals surface area contributed by atoms with Crippen LogP contribution in [0.2, 0.25) is 0 Å². The predicted octanol–water partition coefficient (Wildman–Crippen LogP) is 5.17. The van der Waals surface area contributed by atoms with Gasteiger partial charge in [-0.25, -0.2) is 28.1 Å². The summed E-state index contributed by atoms with van der Waals surface area (Å²) in [5.74, 6) is -1.55. The lowest BCUT2D eigenvalue weighted by Crippen LogP contribution is -2.45. The molecule has 1 fully saturated rings. The van der Waals surface area contributed by atoms with Crippen molar-refractivity contribution in [3.63, 3.8) is 0 Å². The Labute approximate surface area is 266 Å². The van der Waals surface area contributed by atoms with Crippen molar-refractivity contribution in [2.45, 2.75) is 44.7 Å². The van der Waals surface area contributed by atoms with E-state index in [-0.39, 0.29) is 22.8 Å². The van der Waals surface area contributed by atoms with Crippen LogP contribution in [0, 0.1) is 18.6 Å². The molecule has 0 atom stereocenters. The fourth-order valence-electron chi connectivity index (χ4n) is 6.36. The molecule has 0 unspecified atom stereocenters. The Balaban J connectivity index is 1.21. The average molecular weight is 635 g/mol. The van der Waals surface area contributed by atoms with E-state index in [2.05, 4.69) is 15.3 Å². The molecule has 6 aromatic rings. The molecule has 1 N–H and O–H groups in total. The molecule has 0 saturated heterocycles. The van der Waals surface area contributed by atoms with Gasteiger partial charge in [0, 0.05) is 30.0 Å². The number of hydrogen-bond donors (Lipinski definition) is 1. The van der Waals surface area contributed by atoms with Crippen LogP contribution in [-0.4, -0.2) is 41.7 Å². The molecule has 0 bridgehead atoms. The molecule has 1 amide bonds. The summed E-state index contributed by atoms with van der Waals surface area (Å²) >= 11 is 0. The van der Waals surface area contributed by atoms with Crippen LogP contribution in [-0.2, 0) is 0 Å². The highest BCUT2D eigenvalue weighted by atomic mass is 19.1. The topological polar surface area (TPSA) is 120 Å². The van der Waals surface area contributed by atoms with E-state index in [0.29, 0.717) is 42.6 Å². The highest BCUT2D eigenvalue weighted by molar-refractivity contribution is 5.93. The Morgan fingerprint density at radius 2 is 1.68 bits per heavy atom. The van der Waals surface area contributed by atoms with Gasteiger partial charge in [-0.2, -0.15) is 0 Å². The number of aromatic nitrogens is 5. The van der Waals surface area contributed by atoms with Gasteiger partial charge in [-0.1, -0.05) is 30.3 Å². The van der Waals surface area contributed by atoms with Crippen LogP contribution >= 0.6 is 0 Å². The number of carbonyl (C=O) groups is 2. The number of rotatable bonds is 6. The van der Waals surface area contributed by atoms with Gasteiger partial charge in [0.2, 0.25) is 0 Å². The van der Waals surface area contributed by atoms with Gasteiger partial charge in [0.25, 0.3) is 11.5 Å². The largest absolute Gasteiger partial charge is 0.348 e. The lowest BCUT2D eigenvalue weighted by molar-refractivity contribution is 0.0917. The first-order chi connectivity index (χ1) is 22.7. The van der Waals surface area contributed by atoms with Gasteiger partial charge < -0.3 is 9.72 Å². The smallest absolute Gasteiger partial charge is 0.337 e. The van der Waals surface area contributed by atoms with Crippen molar-refractivity contribution < 1.29 is 18.4 Å². The molecule has 1 aliphatic rings. The van der Waals surface area contributed by atoms with Gasteiger partial charge in [-0.15, -0.1) is 0 Å². The maximum absolute atomic E-state index is 14.4. The molecule has 236 valence electrons. The first-order valence-corrected chi connectivity index (χ1v) is 15.1. The summed E-state index contributed by atoms with van der Waals surface area (Å²) in [5, 5.41) is 2.94. The SMILES string of the molecule is Cc1cc(-c2ccc(C=O)cc2)cc(-n2c(=O)n(C3CCC(NC(=O)c4cn5cc(F)ccc5n4)CC3)c(=O)c3cc(F)cnc32)c1. The van der Waals surface area contributed by atoms with Gasteiger partial charge in [0.1, 0.15) is 29.3 Å². The Morgan fingerprint density at radius 1 is 0.915 bits per heavy atom. The standard InChI is InChI=1S/C35H28F2N6O4/c1-20-12-23(22-4-2-21(19-44)3-5-22)14-28(13-20)42-32-29(15-25(37)16-38-32)34(46)43(35(42)47)27-9-7-26(8-10-27)39-33(45)30-18-41-17-24(36)6-11-31(41)40-30/h2-6,11-19,26-27H,7-10H2,1H3,(H,39,45). The first kappa shape index (κ1) is 29.9. The van der Waals surface area contributed by atoms with E-state index in [4.69, 9.17) is 0 Å². The average Bonchev–Trinajstić information content (AvgIpc) is 3.49. The number of aldehydes is 1. The van der Waals surface area contributed by atoms with E-state index in [1.54, 1.807) is 24.3 Å². The van der Waals surface area contributed by atoms with Crippen molar-refractivity contribution in [3.05, 3.63) is 129 Å². The molecule has 0 spiro atoms. The van der Waals surface area contributed by atoms with Crippen LogP contribution in [0.25, 0.3) is 33.5 Å². The van der Waals surface area contributed by atoms with E-state index in [1.807, 2.05) is 25.1 Å². The second-order valence-corrected chi connectivity index (χ2v) is 11.8. The third-order valence-electron chi connectivity index (χ3n) is 8.64. The van der Waals surface area contributed by atoms with E-state index < -0.39 is 34.8 Å². The van der Waals surface area contributed by atoms with Crippen LogP contribution in [0.3, 0.4) is 0 Å². The fourth-order valence-corrected chi connectivity index (χ4v) is 6.36. The summed E-state index contributed by atoms with van der Waals surface area (Å²) in [6.07, 6.45) is 6.22. The number of nitrogens with one attached hydrogen (secondary N) is 1. The third kappa shape index (κ3) is 5.62. The van der Waals surface area contributed by atoms with Crippen LogP contribution < -0.4 is 16.6 Å². The highest BCUT2D eigenvalue weighted by Crippen LogP contribution is 2.29. The molecule has 0 aliphatic heterocycles. The van der Waals surface area contributed by atoms with Crippen molar-refractivity contribution in [2.24, 2.45) is 0 Å². The van der Waals surface area contributed by atoms with E-state index in [1.165, 1.54) is 38.1 Å². The van der Waals surface area contributed by atoms with Gasteiger partial charge >= 0.3 is 5.69 Å². The number of aryl methyl sites for hydroxylation is 1. The quantitative estimate of drug-likeness (QED) is 0.252. The Hall–Kier alpha value is -5.78. The molecule has 12 heteroatoms. The Kier molecular flexibility index (Phi) is 7.55. The summed E-state index contributed by atoms with van der Waals surface area (Å²) in [6.45, 7) is 1.88. The van der Waals surface area contributed by atoms with Gasteiger partial charge in [0.15, 0.2) is 5.65 Å². The zero-order valence-corrected chi connectivity index (χ0v) is 25.2. The van der Waals surface area contributed by atoms with E-state index >= 15 is 0 Å². The van der Waals surface area contributed by atoms with Gasteiger partial charge in [-0.05, 0) is 79.6 Å². The van der Waals surface area contributed by atoms with Crippen molar-refractivity contribution in [1.29, 1.82) is 0 Å². The zero-order valence-electron chi connectivity index (χ0n) is 25.2. The van der Waals surface area contributed by atoms with Crippen molar-refractivity contribution in [1.82, 2.24) is 28.8 Å². The van der Waals surface area contributed by atoms with Crippen molar-refractivity contribution in [2.75, 3.05) is 0 Å². The minimum Gasteiger partial charge on any atom is -0.348 e. The Morgan fingerprint density at radius 3 is 2.43 bits per heavy atom. The fraction of sp³-hybridized carbons (Fsp3) is 0.200. The van der Waals surface area contributed by atoms with Crippen LogP contribution in [0.4, 0.5) is 8.78 Å². The van der Waals surface area contributed by atoms with Crippen LogP contribution in [0.1, 0.15) is 58.1 Å². The second kappa shape index (κ2) is 11.9. The maximum Gasteiger partial charge on any atom is 0.337 e. The van der Waals surface area contributed by atoms with Crippen molar-refractivity contribution >= 4 is 28.9 Å². The molecule has 1 saturated carbocycles. The minimum absolute atomic E-state index is 0.0262. The molecule has 7 rings (SSSR count). The first-order valence-electron chi connectivity index (χ1n) is 15.1. The molecule has 1 aliphatic carbocycles. The molecule has 10 nitrogen and oxygen atoms in total. The summed E-state index contributed by atoms with van der Waals surface area (Å²) in [5.41, 5.74) is 2.83. The molecule has 4 aromatic heterocycles. The zero-order chi connectivity index (χ0) is 32.8. The van der Waals surface area contributed by atoms with E-state index in [0.717, 1.165) is 35.2 Å². The summed E-state index contributed by atoms with van der Waals surface area (Å²) in [7, 11) is 0. The molecule has 47 heavy (non-hydrogen) atoms. The predicted molar refractivity (Wildman–Crippen MR) is 171 cm³/mol. The summed E-state index contributed by atoms with van der Waals surface area (Å²) in [6, 6.07) is 15.7. The van der Waals surface area contributed by atoms with Crippen molar-refractivity contribution in [3.8, 4) is 16.8 Å². The number of halogens is 2. The molecular formula is C35H28F2N6O4.